The van der Waals surface area contributed by atoms with Gasteiger partial charge in [-0.3, -0.25) is 14.4 Å². The number of hydrogen-bond acceptors (Lipinski definition) is 6. The van der Waals surface area contributed by atoms with Gasteiger partial charge in [-0.25, -0.2) is 0 Å². The van der Waals surface area contributed by atoms with Crippen LogP contribution in [0.15, 0.2) is 48.5 Å². The summed E-state index contributed by atoms with van der Waals surface area (Å²) in [5.41, 5.74) is 1.43. The molecule has 1 aliphatic heterocycles. The monoisotopic (exact) mass is 412 g/mol. The molecule has 1 N–H and O–H groups in total. The van der Waals surface area contributed by atoms with Gasteiger partial charge in [0.1, 0.15) is 11.5 Å². The lowest BCUT2D eigenvalue weighted by Crippen LogP contribution is -2.28. The number of amides is 2. The van der Waals surface area contributed by atoms with E-state index in [-0.39, 0.29) is 18.9 Å². The van der Waals surface area contributed by atoms with Crippen molar-refractivity contribution in [3.05, 3.63) is 54.1 Å². The molecule has 1 heterocycles. The Morgan fingerprint density at radius 1 is 1.10 bits per heavy atom. The van der Waals surface area contributed by atoms with Gasteiger partial charge in [-0.05, 0) is 17.7 Å². The Bertz CT molecular complexity index is 915. The highest BCUT2D eigenvalue weighted by Gasteiger charge is 2.35. The van der Waals surface area contributed by atoms with E-state index in [0.29, 0.717) is 23.7 Å². The van der Waals surface area contributed by atoms with Crippen LogP contribution in [0.3, 0.4) is 0 Å². The Labute approximate surface area is 174 Å². The van der Waals surface area contributed by atoms with E-state index in [4.69, 9.17) is 14.2 Å². The van der Waals surface area contributed by atoms with Gasteiger partial charge in [0.15, 0.2) is 6.61 Å². The molecule has 0 spiro atoms. The molecule has 30 heavy (non-hydrogen) atoms. The van der Waals surface area contributed by atoms with Gasteiger partial charge in [0.05, 0.1) is 25.8 Å². The number of nitrogens with zero attached hydrogens (tertiary/aromatic N) is 1. The van der Waals surface area contributed by atoms with E-state index in [9.17, 15) is 14.4 Å². The van der Waals surface area contributed by atoms with Gasteiger partial charge in [-0.2, -0.15) is 0 Å². The maximum absolute atomic E-state index is 12.3. The number of likely N-dealkylation sites (tertiary alicyclic amines) is 1. The molecule has 0 unspecified atom stereocenters. The van der Waals surface area contributed by atoms with Crippen LogP contribution in [0, 0.1) is 5.92 Å². The van der Waals surface area contributed by atoms with E-state index in [1.807, 2.05) is 30.3 Å². The van der Waals surface area contributed by atoms with Gasteiger partial charge < -0.3 is 24.4 Å². The Morgan fingerprint density at radius 2 is 1.87 bits per heavy atom. The second-order valence-corrected chi connectivity index (χ2v) is 6.88. The summed E-state index contributed by atoms with van der Waals surface area (Å²) in [6, 6.07) is 14.5. The largest absolute Gasteiger partial charge is 0.497 e. The summed E-state index contributed by atoms with van der Waals surface area (Å²) in [6.07, 6.45) is 0.0829. The minimum absolute atomic E-state index is 0.0829. The maximum Gasteiger partial charge on any atom is 0.311 e. The van der Waals surface area contributed by atoms with E-state index in [0.717, 1.165) is 5.56 Å². The van der Waals surface area contributed by atoms with Crippen molar-refractivity contribution in [3.8, 4) is 11.5 Å². The van der Waals surface area contributed by atoms with Crippen LogP contribution in [-0.2, 0) is 25.7 Å². The van der Waals surface area contributed by atoms with Crippen molar-refractivity contribution in [1.82, 2.24) is 4.90 Å². The lowest BCUT2D eigenvalue weighted by Gasteiger charge is -2.16. The topological polar surface area (TPSA) is 94.2 Å². The third kappa shape index (κ3) is 5.28. The second-order valence-electron chi connectivity index (χ2n) is 6.88. The molecule has 2 aromatic carbocycles. The van der Waals surface area contributed by atoms with Gasteiger partial charge in [0.25, 0.3) is 5.91 Å². The molecule has 0 radical (unpaired) electrons. The Balaban J connectivity index is 1.49. The Hall–Kier alpha value is -3.55. The average molecular weight is 412 g/mol. The number of methoxy groups -OCH3 is 2. The van der Waals surface area contributed by atoms with Gasteiger partial charge in [0, 0.05) is 25.6 Å². The number of esters is 1. The average Bonchev–Trinajstić information content (AvgIpc) is 3.13. The summed E-state index contributed by atoms with van der Waals surface area (Å²) in [7, 11) is 3.00. The number of carbonyl (C=O) groups is 3. The van der Waals surface area contributed by atoms with E-state index >= 15 is 0 Å². The predicted octanol–water partition coefficient (Wildman–Crippen LogP) is 2.23. The first-order chi connectivity index (χ1) is 14.5. The molecular formula is C22H24N2O6. The highest BCUT2D eigenvalue weighted by atomic mass is 16.5. The molecule has 1 saturated heterocycles. The molecule has 1 atom stereocenters. The summed E-state index contributed by atoms with van der Waals surface area (Å²) < 4.78 is 15.5. The van der Waals surface area contributed by atoms with Crippen LogP contribution < -0.4 is 14.8 Å². The summed E-state index contributed by atoms with van der Waals surface area (Å²) in [4.78, 5) is 38.3. The normalized spacial score (nSPS) is 15.6. The van der Waals surface area contributed by atoms with Gasteiger partial charge in [-0.15, -0.1) is 0 Å². The number of anilines is 1. The number of nitrogens with one attached hydrogen (secondary N) is 1. The zero-order valence-corrected chi connectivity index (χ0v) is 16.9. The van der Waals surface area contributed by atoms with Gasteiger partial charge in [-0.1, -0.05) is 30.3 Å². The minimum atomic E-state index is -0.579. The fourth-order valence-electron chi connectivity index (χ4n) is 3.23. The SMILES string of the molecule is COc1ccc(NC(=O)COC(=O)[C@@H]2CC(=O)N(Cc3ccccc3)C2)c(OC)c1. The fraction of sp³-hybridized carbons (Fsp3) is 0.318. The van der Waals surface area contributed by atoms with Crippen molar-refractivity contribution < 1.29 is 28.6 Å². The smallest absolute Gasteiger partial charge is 0.311 e. The van der Waals surface area contributed by atoms with E-state index in [2.05, 4.69) is 5.32 Å². The molecule has 0 bridgehead atoms. The molecule has 1 aliphatic rings. The highest BCUT2D eigenvalue weighted by molar-refractivity contribution is 5.95. The standard InChI is InChI=1S/C22H24N2O6/c1-28-17-8-9-18(19(11-17)29-2)23-20(25)14-30-22(27)16-10-21(26)24(13-16)12-15-6-4-3-5-7-15/h3-9,11,16H,10,12-14H2,1-2H3,(H,23,25)/t16-/m1/s1. The van der Waals surface area contributed by atoms with Crippen LogP contribution in [0.25, 0.3) is 0 Å². The quantitative estimate of drug-likeness (QED) is 0.669. The maximum atomic E-state index is 12.3. The lowest BCUT2D eigenvalue weighted by atomic mass is 10.1. The van der Waals surface area contributed by atoms with Crippen molar-refractivity contribution in [2.75, 3.05) is 32.7 Å². The highest BCUT2D eigenvalue weighted by Crippen LogP contribution is 2.29. The van der Waals surface area contributed by atoms with Crippen LogP contribution in [0.4, 0.5) is 5.69 Å². The van der Waals surface area contributed by atoms with Crippen molar-refractivity contribution in [1.29, 1.82) is 0 Å². The number of benzene rings is 2. The molecule has 3 rings (SSSR count). The molecular weight excluding hydrogens is 388 g/mol. The molecule has 0 aromatic heterocycles. The first-order valence-electron chi connectivity index (χ1n) is 9.50. The van der Waals surface area contributed by atoms with Crippen molar-refractivity contribution in [3.63, 3.8) is 0 Å². The van der Waals surface area contributed by atoms with Gasteiger partial charge >= 0.3 is 5.97 Å². The molecule has 8 heteroatoms. The summed E-state index contributed by atoms with van der Waals surface area (Å²) in [5, 5.41) is 2.63. The van der Waals surface area contributed by atoms with Crippen molar-refractivity contribution in [2.45, 2.75) is 13.0 Å². The first-order valence-corrected chi connectivity index (χ1v) is 9.50. The zero-order valence-electron chi connectivity index (χ0n) is 16.9. The van der Waals surface area contributed by atoms with Crippen molar-refractivity contribution >= 4 is 23.5 Å². The van der Waals surface area contributed by atoms with Crippen LogP contribution in [0.1, 0.15) is 12.0 Å². The Morgan fingerprint density at radius 3 is 2.57 bits per heavy atom. The summed E-state index contributed by atoms with van der Waals surface area (Å²) in [5.74, 6) is -0.736. The molecule has 0 saturated carbocycles. The lowest BCUT2D eigenvalue weighted by molar-refractivity contribution is -0.151. The molecule has 158 valence electrons. The second kappa shape index (κ2) is 9.78. The van der Waals surface area contributed by atoms with Crippen LogP contribution in [0.2, 0.25) is 0 Å². The van der Waals surface area contributed by atoms with Crippen LogP contribution >= 0.6 is 0 Å². The summed E-state index contributed by atoms with van der Waals surface area (Å²) >= 11 is 0. The van der Waals surface area contributed by atoms with E-state index in [1.165, 1.54) is 14.2 Å². The molecule has 8 nitrogen and oxygen atoms in total. The third-order valence-electron chi connectivity index (χ3n) is 4.79. The minimum Gasteiger partial charge on any atom is -0.497 e. The zero-order chi connectivity index (χ0) is 21.5. The molecule has 0 aliphatic carbocycles. The number of carbonyl (C=O) groups excluding carboxylic acids is 3. The van der Waals surface area contributed by atoms with Crippen molar-refractivity contribution in [2.24, 2.45) is 5.92 Å². The van der Waals surface area contributed by atoms with Crippen LogP contribution in [0.5, 0.6) is 11.5 Å². The first kappa shape index (κ1) is 21.2. The number of rotatable bonds is 8. The van der Waals surface area contributed by atoms with Crippen LogP contribution in [-0.4, -0.2) is 50.1 Å². The molecule has 1 fully saturated rings. The third-order valence-corrected chi connectivity index (χ3v) is 4.79. The number of ether oxygens (including phenoxy) is 3. The summed E-state index contributed by atoms with van der Waals surface area (Å²) in [6.45, 7) is 0.277. The van der Waals surface area contributed by atoms with E-state index in [1.54, 1.807) is 23.1 Å². The van der Waals surface area contributed by atoms with Gasteiger partial charge in [0.2, 0.25) is 5.91 Å². The Kier molecular flexibility index (Phi) is 6.90. The number of hydrogen-bond donors (Lipinski definition) is 1. The van der Waals surface area contributed by atoms with E-state index < -0.39 is 24.4 Å². The molecule has 2 aromatic rings. The predicted molar refractivity (Wildman–Crippen MR) is 109 cm³/mol. The fourth-order valence-corrected chi connectivity index (χ4v) is 3.23. The molecule has 2 amide bonds.